The number of benzene rings is 1. The first-order valence-electron chi connectivity index (χ1n) is 4.88. The van der Waals surface area contributed by atoms with Crippen molar-refractivity contribution in [3.8, 4) is 5.75 Å². The third-order valence-corrected chi connectivity index (χ3v) is 2.01. The molecule has 0 aliphatic heterocycles. The van der Waals surface area contributed by atoms with Gasteiger partial charge in [-0.3, -0.25) is 10.1 Å². The summed E-state index contributed by atoms with van der Waals surface area (Å²) in [5, 5.41) is 19.3. The SMILES string of the molecule is NCCC(Oc1cccc([N+](=O)[O-])c1)C(=O)O. The van der Waals surface area contributed by atoms with E-state index in [2.05, 4.69) is 0 Å². The van der Waals surface area contributed by atoms with Crippen molar-refractivity contribution in [3.63, 3.8) is 0 Å². The lowest BCUT2D eigenvalue weighted by molar-refractivity contribution is -0.384. The molecule has 0 bridgehead atoms. The summed E-state index contributed by atoms with van der Waals surface area (Å²) >= 11 is 0. The normalized spacial score (nSPS) is 11.8. The number of non-ortho nitro benzene ring substituents is 1. The van der Waals surface area contributed by atoms with Gasteiger partial charge < -0.3 is 15.6 Å². The van der Waals surface area contributed by atoms with Crippen molar-refractivity contribution in [3.05, 3.63) is 34.4 Å². The van der Waals surface area contributed by atoms with Gasteiger partial charge in [-0.15, -0.1) is 0 Å². The van der Waals surface area contributed by atoms with Crippen LogP contribution in [0.15, 0.2) is 24.3 Å². The molecule has 1 aromatic carbocycles. The van der Waals surface area contributed by atoms with E-state index in [1.807, 2.05) is 0 Å². The Balaban J connectivity index is 2.82. The Labute approximate surface area is 97.0 Å². The quantitative estimate of drug-likeness (QED) is 0.560. The van der Waals surface area contributed by atoms with Gasteiger partial charge in [0.1, 0.15) is 5.75 Å². The van der Waals surface area contributed by atoms with Crippen LogP contribution in [0.4, 0.5) is 5.69 Å². The summed E-state index contributed by atoms with van der Waals surface area (Å²) in [6.07, 6.45) is -0.958. The molecule has 1 rings (SSSR count). The van der Waals surface area contributed by atoms with Gasteiger partial charge in [-0.05, 0) is 12.6 Å². The van der Waals surface area contributed by atoms with E-state index in [0.717, 1.165) is 0 Å². The fraction of sp³-hybridized carbons (Fsp3) is 0.300. The van der Waals surface area contributed by atoms with E-state index in [1.165, 1.54) is 24.3 Å². The van der Waals surface area contributed by atoms with Gasteiger partial charge >= 0.3 is 5.97 Å². The number of carbonyl (C=O) groups is 1. The molecule has 17 heavy (non-hydrogen) atoms. The molecule has 92 valence electrons. The average molecular weight is 240 g/mol. The highest BCUT2D eigenvalue weighted by atomic mass is 16.6. The van der Waals surface area contributed by atoms with Crippen LogP contribution in [-0.2, 0) is 4.79 Å². The third-order valence-electron chi connectivity index (χ3n) is 2.01. The lowest BCUT2D eigenvalue weighted by Crippen LogP contribution is -2.29. The van der Waals surface area contributed by atoms with E-state index >= 15 is 0 Å². The summed E-state index contributed by atoms with van der Waals surface area (Å²) < 4.78 is 5.12. The predicted octanol–water partition coefficient (Wildman–Crippen LogP) is 0.776. The van der Waals surface area contributed by atoms with Crippen molar-refractivity contribution in [2.24, 2.45) is 5.73 Å². The fourth-order valence-corrected chi connectivity index (χ4v) is 1.22. The summed E-state index contributed by atoms with van der Waals surface area (Å²) in [4.78, 5) is 20.7. The molecule has 0 aromatic heterocycles. The minimum atomic E-state index is -1.15. The van der Waals surface area contributed by atoms with Crippen molar-refractivity contribution in [1.29, 1.82) is 0 Å². The number of ether oxygens (including phenoxy) is 1. The molecule has 0 aliphatic carbocycles. The molecule has 0 fully saturated rings. The Hall–Kier alpha value is -2.15. The van der Waals surface area contributed by atoms with Crippen LogP contribution < -0.4 is 10.5 Å². The van der Waals surface area contributed by atoms with Crippen LogP contribution >= 0.6 is 0 Å². The highest BCUT2D eigenvalue weighted by molar-refractivity contribution is 5.72. The van der Waals surface area contributed by atoms with Gasteiger partial charge in [0.25, 0.3) is 5.69 Å². The summed E-state index contributed by atoms with van der Waals surface area (Å²) in [5.41, 5.74) is 5.09. The number of nitrogens with zero attached hydrogens (tertiary/aromatic N) is 1. The Morgan fingerprint density at radius 1 is 1.59 bits per heavy atom. The van der Waals surface area contributed by atoms with Crippen LogP contribution in [0.5, 0.6) is 5.75 Å². The van der Waals surface area contributed by atoms with Crippen LogP contribution in [0.1, 0.15) is 6.42 Å². The molecule has 7 nitrogen and oxygen atoms in total. The first kappa shape index (κ1) is 12.9. The number of rotatable bonds is 6. The standard InChI is InChI=1S/C10H12N2O5/c11-5-4-9(10(13)14)17-8-3-1-2-7(6-8)12(15)16/h1-3,6,9H,4-5,11H2,(H,13,14). The maximum absolute atomic E-state index is 10.8. The zero-order valence-electron chi connectivity index (χ0n) is 8.91. The van der Waals surface area contributed by atoms with E-state index in [1.54, 1.807) is 0 Å². The van der Waals surface area contributed by atoms with Crippen LogP contribution in [0.2, 0.25) is 0 Å². The number of nitrogens with two attached hydrogens (primary N) is 1. The Morgan fingerprint density at radius 2 is 2.29 bits per heavy atom. The Kier molecular flexibility index (Phi) is 4.41. The number of aliphatic carboxylic acids is 1. The molecule has 7 heteroatoms. The molecule has 3 N–H and O–H groups in total. The molecular weight excluding hydrogens is 228 g/mol. The highest BCUT2D eigenvalue weighted by Crippen LogP contribution is 2.20. The van der Waals surface area contributed by atoms with E-state index < -0.39 is 17.0 Å². The molecule has 0 saturated carbocycles. The largest absolute Gasteiger partial charge is 0.479 e. The number of nitro groups is 1. The van der Waals surface area contributed by atoms with Gasteiger partial charge in [-0.1, -0.05) is 6.07 Å². The lowest BCUT2D eigenvalue weighted by atomic mass is 10.2. The number of hydrogen-bond donors (Lipinski definition) is 2. The summed E-state index contributed by atoms with van der Waals surface area (Å²) in [5.74, 6) is -1.01. The van der Waals surface area contributed by atoms with Crippen LogP contribution in [0, 0.1) is 10.1 Å². The van der Waals surface area contributed by atoms with Crippen molar-refractivity contribution < 1.29 is 19.6 Å². The van der Waals surface area contributed by atoms with Crippen molar-refractivity contribution in [2.45, 2.75) is 12.5 Å². The van der Waals surface area contributed by atoms with Crippen LogP contribution in [0.25, 0.3) is 0 Å². The summed E-state index contributed by atoms with van der Waals surface area (Å²) in [6, 6.07) is 5.35. The maximum atomic E-state index is 10.8. The number of carboxylic acid groups (broad SMARTS) is 1. The van der Waals surface area contributed by atoms with Crippen molar-refractivity contribution >= 4 is 11.7 Å². The fourth-order valence-electron chi connectivity index (χ4n) is 1.22. The van der Waals surface area contributed by atoms with E-state index in [9.17, 15) is 14.9 Å². The smallest absolute Gasteiger partial charge is 0.344 e. The molecule has 1 atom stereocenters. The highest BCUT2D eigenvalue weighted by Gasteiger charge is 2.19. The van der Waals surface area contributed by atoms with Gasteiger partial charge in [0.05, 0.1) is 11.0 Å². The molecule has 0 spiro atoms. The van der Waals surface area contributed by atoms with Gasteiger partial charge in [0.15, 0.2) is 6.10 Å². The third kappa shape index (κ3) is 3.72. The van der Waals surface area contributed by atoms with Crippen LogP contribution in [-0.4, -0.2) is 28.6 Å². The zero-order valence-corrected chi connectivity index (χ0v) is 8.91. The van der Waals surface area contributed by atoms with E-state index in [-0.39, 0.29) is 24.4 Å². The van der Waals surface area contributed by atoms with Gasteiger partial charge in [0, 0.05) is 12.5 Å². The van der Waals surface area contributed by atoms with Gasteiger partial charge in [-0.2, -0.15) is 0 Å². The number of nitro benzene ring substituents is 1. The molecule has 0 heterocycles. The predicted molar refractivity (Wildman–Crippen MR) is 58.8 cm³/mol. The number of hydrogen-bond acceptors (Lipinski definition) is 5. The monoisotopic (exact) mass is 240 g/mol. The van der Waals surface area contributed by atoms with Crippen molar-refractivity contribution in [2.75, 3.05) is 6.54 Å². The molecule has 1 aromatic rings. The number of carboxylic acids is 1. The van der Waals surface area contributed by atoms with E-state index in [4.69, 9.17) is 15.6 Å². The molecule has 0 amide bonds. The average Bonchev–Trinajstić information content (AvgIpc) is 2.28. The minimum Gasteiger partial charge on any atom is -0.479 e. The zero-order chi connectivity index (χ0) is 12.8. The Morgan fingerprint density at radius 3 is 2.82 bits per heavy atom. The van der Waals surface area contributed by atoms with E-state index in [0.29, 0.717) is 0 Å². The van der Waals surface area contributed by atoms with Crippen molar-refractivity contribution in [1.82, 2.24) is 0 Å². The second kappa shape index (κ2) is 5.80. The summed E-state index contributed by atoms with van der Waals surface area (Å²) in [7, 11) is 0. The van der Waals surface area contributed by atoms with Gasteiger partial charge in [0.2, 0.25) is 0 Å². The molecule has 1 unspecified atom stereocenters. The van der Waals surface area contributed by atoms with Gasteiger partial charge in [-0.25, -0.2) is 4.79 Å². The van der Waals surface area contributed by atoms with Crippen LogP contribution in [0.3, 0.4) is 0 Å². The Bertz CT molecular complexity index is 421. The first-order chi connectivity index (χ1) is 8.04. The molecule has 0 aliphatic rings. The molecular formula is C10H12N2O5. The lowest BCUT2D eigenvalue weighted by Gasteiger charge is -2.13. The maximum Gasteiger partial charge on any atom is 0.344 e. The second-order valence-electron chi connectivity index (χ2n) is 3.28. The molecule has 0 saturated heterocycles. The topological polar surface area (TPSA) is 116 Å². The first-order valence-corrected chi connectivity index (χ1v) is 4.88. The summed E-state index contributed by atoms with van der Waals surface area (Å²) in [6.45, 7) is 0.159. The minimum absolute atomic E-state index is 0.137. The second-order valence-corrected chi connectivity index (χ2v) is 3.28. The molecule has 0 radical (unpaired) electrons.